The average Bonchev–Trinajstić information content (AvgIpc) is 2.97. The molecular weight excluding hydrogens is 306 g/mol. The number of aromatic nitrogens is 4. The summed E-state index contributed by atoms with van der Waals surface area (Å²) in [7, 11) is 1.51. The second-order valence-electron chi connectivity index (χ2n) is 5.65. The van der Waals surface area contributed by atoms with Gasteiger partial charge in [-0.3, -0.25) is 9.59 Å². The van der Waals surface area contributed by atoms with Crippen molar-refractivity contribution in [1.82, 2.24) is 19.7 Å². The first-order valence-electron chi connectivity index (χ1n) is 7.91. The van der Waals surface area contributed by atoms with Gasteiger partial charge in [-0.2, -0.15) is 5.10 Å². The number of amides is 1. The van der Waals surface area contributed by atoms with E-state index < -0.39 is 0 Å². The molecule has 3 aromatic rings. The maximum atomic E-state index is 12.2. The fourth-order valence-corrected chi connectivity index (χ4v) is 2.42. The summed E-state index contributed by atoms with van der Waals surface area (Å²) in [6, 6.07) is 8.24. The molecule has 0 aliphatic heterocycles. The van der Waals surface area contributed by atoms with E-state index >= 15 is 0 Å². The molecule has 2 heterocycles. The quantitative estimate of drug-likeness (QED) is 0.752. The molecule has 2 N–H and O–H groups in total. The summed E-state index contributed by atoms with van der Waals surface area (Å²) < 4.78 is 1.13. The minimum atomic E-state index is -0.365. The van der Waals surface area contributed by atoms with Crippen LogP contribution in [0.1, 0.15) is 36.1 Å². The zero-order valence-corrected chi connectivity index (χ0v) is 13.7. The third-order valence-electron chi connectivity index (χ3n) is 3.75. The highest BCUT2D eigenvalue weighted by molar-refractivity contribution is 6.03. The summed E-state index contributed by atoms with van der Waals surface area (Å²) in [6.45, 7) is 2.14. The van der Waals surface area contributed by atoms with Crippen molar-refractivity contribution in [2.24, 2.45) is 7.05 Å². The Morgan fingerprint density at radius 1 is 1.29 bits per heavy atom. The van der Waals surface area contributed by atoms with Gasteiger partial charge in [0.1, 0.15) is 11.5 Å². The second kappa shape index (κ2) is 6.66. The van der Waals surface area contributed by atoms with Gasteiger partial charge in [0.15, 0.2) is 0 Å². The molecule has 0 fully saturated rings. The molecule has 1 aromatic carbocycles. The maximum absolute atomic E-state index is 12.2. The molecule has 0 atom stereocenters. The third kappa shape index (κ3) is 3.34. The Balaban J connectivity index is 1.80. The largest absolute Gasteiger partial charge is 0.342 e. The molecule has 124 valence electrons. The monoisotopic (exact) mass is 325 g/mol. The van der Waals surface area contributed by atoms with Gasteiger partial charge >= 0.3 is 0 Å². The van der Waals surface area contributed by atoms with Crippen molar-refractivity contribution < 1.29 is 4.79 Å². The summed E-state index contributed by atoms with van der Waals surface area (Å²) in [5, 5.41) is 6.73. The van der Waals surface area contributed by atoms with Crippen molar-refractivity contribution in [2.45, 2.75) is 26.2 Å². The van der Waals surface area contributed by atoms with Crippen LogP contribution in [-0.2, 0) is 13.5 Å². The molecule has 1 amide bonds. The summed E-state index contributed by atoms with van der Waals surface area (Å²) in [5.41, 5.74) is 2.33. The fraction of sp³-hybridized carbons (Fsp3) is 0.294. The molecule has 0 unspecified atom stereocenters. The Kier molecular flexibility index (Phi) is 4.41. The highest BCUT2D eigenvalue weighted by Gasteiger charge is 2.10. The number of nitrogens with zero attached hydrogens (tertiary/aromatic N) is 3. The number of aromatic amines is 1. The highest BCUT2D eigenvalue weighted by Crippen LogP contribution is 2.18. The van der Waals surface area contributed by atoms with Crippen molar-refractivity contribution in [3.05, 3.63) is 52.2 Å². The first kappa shape index (κ1) is 15.9. The fourth-order valence-electron chi connectivity index (χ4n) is 2.42. The summed E-state index contributed by atoms with van der Waals surface area (Å²) in [5.74, 6) is 0.589. The Bertz CT molecular complexity index is 942. The second-order valence-corrected chi connectivity index (χ2v) is 5.65. The van der Waals surface area contributed by atoms with Gasteiger partial charge in [-0.1, -0.05) is 13.3 Å². The molecule has 0 saturated heterocycles. The van der Waals surface area contributed by atoms with E-state index in [-0.39, 0.29) is 17.2 Å². The van der Waals surface area contributed by atoms with Gasteiger partial charge < -0.3 is 10.3 Å². The Hall–Kier alpha value is -2.96. The molecule has 7 heteroatoms. The Labute approximate surface area is 138 Å². The van der Waals surface area contributed by atoms with Crippen molar-refractivity contribution in [2.75, 3.05) is 5.32 Å². The molecule has 0 aliphatic carbocycles. The number of rotatable bonds is 5. The molecule has 0 spiro atoms. The van der Waals surface area contributed by atoms with Gasteiger partial charge in [-0.15, -0.1) is 0 Å². The number of H-pyrrole nitrogens is 1. The van der Waals surface area contributed by atoms with Crippen LogP contribution in [0.25, 0.3) is 11.0 Å². The highest BCUT2D eigenvalue weighted by atomic mass is 16.2. The zero-order valence-electron chi connectivity index (χ0n) is 13.7. The van der Waals surface area contributed by atoms with Gasteiger partial charge in [0.2, 0.25) is 0 Å². The van der Waals surface area contributed by atoms with Crippen LogP contribution in [0.4, 0.5) is 5.69 Å². The van der Waals surface area contributed by atoms with Gasteiger partial charge in [0, 0.05) is 25.2 Å². The van der Waals surface area contributed by atoms with Gasteiger partial charge in [-0.25, -0.2) is 9.67 Å². The molecule has 3 rings (SSSR count). The lowest BCUT2D eigenvalue weighted by Gasteiger charge is -2.05. The molecule has 0 saturated carbocycles. The van der Waals surface area contributed by atoms with Crippen molar-refractivity contribution >= 4 is 22.6 Å². The molecular formula is C17H19N5O2. The van der Waals surface area contributed by atoms with Crippen LogP contribution >= 0.6 is 0 Å². The number of anilines is 1. The van der Waals surface area contributed by atoms with Gasteiger partial charge in [-0.05, 0) is 30.7 Å². The van der Waals surface area contributed by atoms with Crippen molar-refractivity contribution in [3.63, 3.8) is 0 Å². The Morgan fingerprint density at radius 3 is 2.88 bits per heavy atom. The van der Waals surface area contributed by atoms with Crippen molar-refractivity contribution in [3.8, 4) is 0 Å². The first-order valence-corrected chi connectivity index (χ1v) is 7.91. The lowest BCUT2D eigenvalue weighted by molar-refractivity contribution is 0.102. The van der Waals surface area contributed by atoms with Gasteiger partial charge in [0.05, 0.1) is 11.0 Å². The number of nitrogens with one attached hydrogen (secondary N) is 2. The SMILES string of the molecule is CCCCc1nc2ccc(NC(=O)c3ccc(=O)n(C)n3)cc2[nH]1. The van der Waals surface area contributed by atoms with E-state index in [0.717, 1.165) is 40.8 Å². The predicted octanol–water partition coefficient (Wildman–Crippen LogP) is 2.25. The molecule has 2 aromatic heterocycles. The van der Waals surface area contributed by atoms with E-state index in [0.29, 0.717) is 5.69 Å². The van der Waals surface area contributed by atoms with E-state index in [1.807, 2.05) is 12.1 Å². The molecule has 0 aliphatic rings. The minimum Gasteiger partial charge on any atom is -0.342 e. The number of aryl methyl sites for hydroxylation is 2. The van der Waals surface area contributed by atoms with Crippen LogP contribution < -0.4 is 10.9 Å². The van der Waals surface area contributed by atoms with E-state index in [1.165, 1.54) is 19.2 Å². The molecule has 7 nitrogen and oxygen atoms in total. The number of fused-ring (bicyclic) bond motifs is 1. The summed E-state index contributed by atoms with van der Waals surface area (Å²) in [4.78, 5) is 31.4. The maximum Gasteiger partial charge on any atom is 0.276 e. The normalized spacial score (nSPS) is 10.9. The number of unbranched alkanes of at least 4 members (excludes halogenated alkanes) is 1. The van der Waals surface area contributed by atoms with Crippen molar-refractivity contribution in [1.29, 1.82) is 0 Å². The van der Waals surface area contributed by atoms with Crippen LogP contribution in [0.2, 0.25) is 0 Å². The number of imidazole rings is 1. The van der Waals surface area contributed by atoms with E-state index in [2.05, 4.69) is 27.3 Å². The molecule has 0 radical (unpaired) electrons. The Morgan fingerprint density at radius 2 is 2.12 bits per heavy atom. The topological polar surface area (TPSA) is 92.7 Å². The average molecular weight is 325 g/mol. The molecule has 0 bridgehead atoms. The molecule has 24 heavy (non-hydrogen) atoms. The first-order chi connectivity index (χ1) is 11.6. The smallest absolute Gasteiger partial charge is 0.276 e. The summed E-state index contributed by atoms with van der Waals surface area (Å²) >= 11 is 0. The van der Waals surface area contributed by atoms with Crippen LogP contribution in [-0.4, -0.2) is 25.7 Å². The number of carbonyl (C=O) groups excluding carboxylic acids is 1. The number of carbonyl (C=O) groups is 1. The van der Waals surface area contributed by atoms with E-state index in [4.69, 9.17) is 0 Å². The summed E-state index contributed by atoms with van der Waals surface area (Å²) in [6.07, 6.45) is 3.11. The standard InChI is InChI=1S/C17H19N5O2/c1-3-4-5-15-19-12-7-6-11(10-14(12)20-15)18-17(24)13-8-9-16(23)22(2)21-13/h6-10H,3-5H2,1-2H3,(H,18,24)(H,19,20). The van der Waals surface area contributed by atoms with Gasteiger partial charge in [0.25, 0.3) is 11.5 Å². The van der Waals surface area contributed by atoms with E-state index in [9.17, 15) is 9.59 Å². The minimum absolute atomic E-state index is 0.186. The number of hydrogen-bond donors (Lipinski definition) is 2. The lowest BCUT2D eigenvalue weighted by atomic mass is 10.2. The predicted molar refractivity (Wildman–Crippen MR) is 92.1 cm³/mol. The van der Waals surface area contributed by atoms with Crippen LogP contribution in [0, 0.1) is 0 Å². The lowest BCUT2D eigenvalue weighted by Crippen LogP contribution is -2.23. The van der Waals surface area contributed by atoms with E-state index in [1.54, 1.807) is 6.07 Å². The third-order valence-corrected chi connectivity index (χ3v) is 3.75. The number of benzene rings is 1. The zero-order chi connectivity index (χ0) is 17.1. The van der Waals surface area contributed by atoms with Crippen LogP contribution in [0.3, 0.4) is 0 Å². The van der Waals surface area contributed by atoms with Crippen LogP contribution in [0.5, 0.6) is 0 Å². The number of hydrogen-bond acceptors (Lipinski definition) is 4. The van der Waals surface area contributed by atoms with Crippen LogP contribution in [0.15, 0.2) is 35.1 Å².